The standard InChI is InChI=1S/C18H25BN2O5/c1-16(2,3)23-15(22)20-14-12-10-11(8-9-13(12)24-21-14)19-25-17(4,5)18(6,7)26-19/h8-10H,1-7H3,(H,20,21,22). The normalized spacial score (nSPS) is 19.0. The van der Waals surface area contributed by atoms with Crippen molar-refractivity contribution in [2.45, 2.75) is 65.3 Å². The van der Waals surface area contributed by atoms with Gasteiger partial charge in [0.05, 0.1) is 16.6 Å². The second-order valence-corrected chi connectivity index (χ2v) is 8.50. The van der Waals surface area contributed by atoms with Crippen molar-refractivity contribution in [2.24, 2.45) is 0 Å². The minimum absolute atomic E-state index is 0.299. The van der Waals surface area contributed by atoms with Crippen LogP contribution >= 0.6 is 0 Å². The van der Waals surface area contributed by atoms with Crippen LogP contribution < -0.4 is 10.8 Å². The van der Waals surface area contributed by atoms with E-state index in [1.807, 2.05) is 39.8 Å². The molecule has 0 radical (unpaired) electrons. The maximum atomic E-state index is 12.0. The number of rotatable bonds is 2. The third-order valence-corrected chi connectivity index (χ3v) is 4.64. The van der Waals surface area contributed by atoms with Gasteiger partial charge in [-0.2, -0.15) is 0 Å². The number of fused-ring (bicyclic) bond motifs is 1. The molecule has 0 saturated carbocycles. The summed E-state index contributed by atoms with van der Waals surface area (Å²) >= 11 is 0. The topological polar surface area (TPSA) is 82.8 Å². The first-order valence-corrected chi connectivity index (χ1v) is 8.63. The highest BCUT2D eigenvalue weighted by molar-refractivity contribution is 6.62. The van der Waals surface area contributed by atoms with Crippen molar-refractivity contribution in [1.82, 2.24) is 5.16 Å². The van der Waals surface area contributed by atoms with E-state index in [1.54, 1.807) is 26.8 Å². The highest BCUT2D eigenvalue weighted by Crippen LogP contribution is 2.36. The number of carbonyl (C=O) groups is 1. The first-order chi connectivity index (χ1) is 11.9. The Balaban J connectivity index is 1.86. The fraction of sp³-hybridized carbons (Fsp3) is 0.556. The van der Waals surface area contributed by atoms with Gasteiger partial charge in [-0.15, -0.1) is 0 Å². The van der Waals surface area contributed by atoms with E-state index in [2.05, 4.69) is 10.5 Å². The quantitative estimate of drug-likeness (QED) is 0.826. The van der Waals surface area contributed by atoms with Gasteiger partial charge in [-0.05, 0) is 66.1 Å². The van der Waals surface area contributed by atoms with E-state index in [9.17, 15) is 4.79 Å². The molecule has 1 saturated heterocycles. The van der Waals surface area contributed by atoms with Crippen LogP contribution in [0.4, 0.5) is 10.6 Å². The third kappa shape index (κ3) is 3.57. The number of hydrogen-bond donors (Lipinski definition) is 1. The monoisotopic (exact) mass is 360 g/mol. The summed E-state index contributed by atoms with van der Waals surface area (Å²) in [5.41, 5.74) is -0.0854. The molecule has 0 atom stereocenters. The number of ether oxygens (including phenoxy) is 1. The molecular formula is C18H25BN2O5. The number of carbonyl (C=O) groups excluding carboxylic acids is 1. The van der Waals surface area contributed by atoms with Crippen LogP contribution in [-0.4, -0.2) is 35.2 Å². The lowest BCUT2D eigenvalue weighted by molar-refractivity contribution is 0.00578. The maximum absolute atomic E-state index is 12.0. The van der Waals surface area contributed by atoms with Crippen LogP contribution in [0.25, 0.3) is 11.0 Å². The Bertz CT molecular complexity index is 822. The third-order valence-electron chi connectivity index (χ3n) is 4.64. The van der Waals surface area contributed by atoms with E-state index in [-0.39, 0.29) is 0 Å². The Labute approximate surface area is 153 Å². The molecule has 0 unspecified atom stereocenters. The molecule has 0 bridgehead atoms. The summed E-state index contributed by atoms with van der Waals surface area (Å²) in [7, 11) is -0.506. The van der Waals surface area contributed by atoms with Crippen LogP contribution in [0.2, 0.25) is 0 Å². The summed E-state index contributed by atoms with van der Waals surface area (Å²) in [5.74, 6) is 0.299. The predicted octanol–water partition coefficient (Wildman–Crippen LogP) is 3.47. The van der Waals surface area contributed by atoms with Gasteiger partial charge in [0.2, 0.25) is 0 Å². The van der Waals surface area contributed by atoms with E-state index in [1.165, 1.54) is 0 Å². The fourth-order valence-electron chi connectivity index (χ4n) is 2.57. The second kappa shape index (κ2) is 5.99. The zero-order valence-electron chi connectivity index (χ0n) is 16.3. The lowest BCUT2D eigenvalue weighted by Crippen LogP contribution is -2.41. The van der Waals surface area contributed by atoms with Crippen molar-refractivity contribution in [3.63, 3.8) is 0 Å². The maximum Gasteiger partial charge on any atom is 0.494 e. The van der Waals surface area contributed by atoms with Gasteiger partial charge < -0.3 is 18.6 Å². The molecule has 7 nitrogen and oxygen atoms in total. The summed E-state index contributed by atoms with van der Waals surface area (Å²) in [6.45, 7) is 13.4. The Morgan fingerprint density at radius 1 is 1.15 bits per heavy atom. The number of hydrogen-bond acceptors (Lipinski definition) is 6. The number of benzene rings is 1. The zero-order chi connectivity index (χ0) is 19.3. The molecule has 0 aliphatic carbocycles. The lowest BCUT2D eigenvalue weighted by Gasteiger charge is -2.32. The molecule has 8 heteroatoms. The number of amides is 1. The van der Waals surface area contributed by atoms with Crippen LogP contribution in [0.1, 0.15) is 48.5 Å². The van der Waals surface area contributed by atoms with Gasteiger partial charge in [-0.3, -0.25) is 5.32 Å². The van der Waals surface area contributed by atoms with Crippen LogP contribution in [-0.2, 0) is 14.0 Å². The SMILES string of the molecule is CC(C)(C)OC(=O)Nc1noc2ccc(B3OC(C)(C)C(C)(C)O3)cc12. The summed E-state index contributed by atoms with van der Waals surface area (Å²) in [5, 5.41) is 7.20. The molecule has 1 aromatic carbocycles. The summed E-state index contributed by atoms with van der Waals surface area (Å²) in [6.07, 6.45) is -0.589. The van der Waals surface area contributed by atoms with Gasteiger partial charge in [0, 0.05) is 0 Å². The number of aromatic nitrogens is 1. The Kier molecular flexibility index (Phi) is 4.32. The molecule has 3 rings (SSSR count). The second-order valence-electron chi connectivity index (χ2n) is 8.50. The first kappa shape index (κ1) is 18.7. The minimum atomic E-state index is -0.600. The highest BCUT2D eigenvalue weighted by atomic mass is 16.7. The predicted molar refractivity (Wildman–Crippen MR) is 99.6 cm³/mol. The van der Waals surface area contributed by atoms with Crippen LogP contribution in [0, 0.1) is 0 Å². The van der Waals surface area contributed by atoms with E-state index < -0.39 is 30.0 Å². The molecule has 2 heterocycles. The average Bonchev–Trinajstić information content (AvgIpc) is 2.95. The summed E-state index contributed by atoms with van der Waals surface area (Å²) in [4.78, 5) is 12.0. The molecule has 1 aromatic heterocycles. The highest BCUT2D eigenvalue weighted by Gasteiger charge is 2.51. The Morgan fingerprint density at radius 3 is 2.35 bits per heavy atom. The molecule has 1 amide bonds. The lowest BCUT2D eigenvalue weighted by atomic mass is 9.78. The van der Waals surface area contributed by atoms with Gasteiger partial charge in [-0.1, -0.05) is 11.2 Å². The van der Waals surface area contributed by atoms with Crippen molar-refractivity contribution >= 4 is 35.5 Å². The Morgan fingerprint density at radius 2 is 1.77 bits per heavy atom. The smallest absolute Gasteiger partial charge is 0.444 e. The van der Waals surface area contributed by atoms with Crippen LogP contribution in [0.3, 0.4) is 0 Å². The van der Waals surface area contributed by atoms with Crippen molar-refractivity contribution < 1.29 is 23.4 Å². The van der Waals surface area contributed by atoms with Crippen LogP contribution in [0.5, 0.6) is 0 Å². The van der Waals surface area contributed by atoms with Gasteiger partial charge in [-0.25, -0.2) is 4.79 Å². The molecule has 1 aliphatic heterocycles. The average molecular weight is 360 g/mol. The zero-order valence-corrected chi connectivity index (χ0v) is 16.3. The number of anilines is 1. The van der Waals surface area contributed by atoms with Gasteiger partial charge >= 0.3 is 13.2 Å². The van der Waals surface area contributed by atoms with E-state index in [0.717, 1.165) is 5.46 Å². The summed E-state index contributed by atoms with van der Waals surface area (Å²) in [6, 6.07) is 5.50. The van der Waals surface area contributed by atoms with Crippen molar-refractivity contribution in [3.8, 4) is 0 Å². The van der Waals surface area contributed by atoms with Crippen LogP contribution in [0.15, 0.2) is 22.7 Å². The van der Waals surface area contributed by atoms with E-state index in [0.29, 0.717) is 16.8 Å². The number of nitrogens with zero attached hydrogens (tertiary/aromatic N) is 1. The van der Waals surface area contributed by atoms with Crippen molar-refractivity contribution in [3.05, 3.63) is 18.2 Å². The fourth-order valence-corrected chi connectivity index (χ4v) is 2.57. The molecule has 0 spiro atoms. The molecule has 1 fully saturated rings. The first-order valence-electron chi connectivity index (χ1n) is 8.63. The van der Waals surface area contributed by atoms with Crippen molar-refractivity contribution in [1.29, 1.82) is 0 Å². The Hall–Kier alpha value is -2.06. The minimum Gasteiger partial charge on any atom is -0.444 e. The molecule has 26 heavy (non-hydrogen) atoms. The largest absolute Gasteiger partial charge is 0.494 e. The molecular weight excluding hydrogens is 335 g/mol. The molecule has 2 aromatic rings. The molecule has 1 aliphatic rings. The van der Waals surface area contributed by atoms with Crippen molar-refractivity contribution in [2.75, 3.05) is 5.32 Å². The summed E-state index contributed by atoms with van der Waals surface area (Å²) < 4.78 is 22.7. The van der Waals surface area contributed by atoms with Gasteiger partial charge in [0.25, 0.3) is 0 Å². The van der Waals surface area contributed by atoms with Gasteiger partial charge in [0.15, 0.2) is 11.4 Å². The van der Waals surface area contributed by atoms with E-state index in [4.69, 9.17) is 18.6 Å². The number of nitrogens with one attached hydrogen (secondary N) is 1. The van der Waals surface area contributed by atoms with Gasteiger partial charge in [0.1, 0.15) is 5.60 Å². The molecule has 1 N–H and O–H groups in total. The molecule has 140 valence electrons. The van der Waals surface area contributed by atoms with E-state index >= 15 is 0 Å².